The minimum Gasteiger partial charge on any atom is -0.371 e. The zero-order chi connectivity index (χ0) is 15.5. The van der Waals surface area contributed by atoms with Gasteiger partial charge in [-0.25, -0.2) is 0 Å². The standard InChI is InChI=1S/C18H29BrN2/c1-5-21(13-14-7-6-8-14)17-10-9-15(11-16(17)19)12-20-18(2,3)4/h9-11,14,20H,5-8,12-13H2,1-4H3. The molecule has 1 aliphatic carbocycles. The molecule has 2 rings (SSSR count). The first-order valence-electron chi connectivity index (χ1n) is 8.17. The molecule has 0 saturated heterocycles. The lowest BCUT2D eigenvalue weighted by Gasteiger charge is -2.33. The van der Waals surface area contributed by atoms with Gasteiger partial charge in [-0.05, 0) is 80.1 Å². The number of benzene rings is 1. The van der Waals surface area contributed by atoms with Crippen molar-refractivity contribution in [3.8, 4) is 0 Å². The predicted octanol–water partition coefficient (Wildman–Crippen LogP) is 4.96. The highest BCUT2D eigenvalue weighted by Crippen LogP contribution is 2.32. The molecule has 0 amide bonds. The van der Waals surface area contributed by atoms with Crippen LogP contribution in [0.3, 0.4) is 0 Å². The van der Waals surface area contributed by atoms with Crippen molar-refractivity contribution in [2.45, 2.75) is 59.0 Å². The van der Waals surface area contributed by atoms with Gasteiger partial charge >= 0.3 is 0 Å². The molecule has 0 heterocycles. The van der Waals surface area contributed by atoms with Crippen LogP contribution in [0.4, 0.5) is 5.69 Å². The van der Waals surface area contributed by atoms with Gasteiger partial charge in [0.2, 0.25) is 0 Å². The summed E-state index contributed by atoms with van der Waals surface area (Å²) in [6, 6.07) is 6.78. The Morgan fingerprint density at radius 2 is 2.00 bits per heavy atom. The van der Waals surface area contributed by atoms with Crippen LogP contribution in [-0.4, -0.2) is 18.6 Å². The van der Waals surface area contributed by atoms with E-state index in [1.165, 1.54) is 41.5 Å². The predicted molar refractivity (Wildman–Crippen MR) is 96.0 cm³/mol. The van der Waals surface area contributed by atoms with E-state index in [1.54, 1.807) is 0 Å². The first-order valence-corrected chi connectivity index (χ1v) is 8.97. The van der Waals surface area contributed by atoms with Crippen LogP contribution >= 0.6 is 15.9 Å². The minimum atomic E-state index is 0.158. The fourth-order valence-corrected chi connectivity index (χ4v) is 3.35. The summed E-state index contributed by atoms with van der Waals surface area (Å²) in [7, 11) is 0. The van der Waals surface area contributed by atoms with Gasteiger partial charge in [0.25, 0.3) is 0 Å². The SMILES string of the molecule is CCN(CC1CCC1)c1ccc(CNC(C)(C)C)cc1Br. The molecule has 0 radical (unpaired) electrons. The van der Waals surface area contributed by atoms with Gasteiger partial charge in [0.15, 0.2) is 0 Å². The Balaban J connectivity index is 2.02. The Labute approximate surface area is 138 Å². The first kappa shape index (κ1) is 16.8. The van der Waals surface area contributed by atoms with Crippen molar-refractivity contribution in [3.63, 3.8) is 0 Å². The lowest BCUT2D eigenvalue weighted by molar-refractivity contribution is 0.318. The van der Waals surface area contributed by atoms with Gasteiger partial charge in [-0.15, -0.1) is 0 Å². The van der Waals surface area contributed by atoms with Crippen molar-refractivity contribution in [2.75, 3.05) is 18.0 Å². The van der Waals surface area contributed by atoms with Crippen molar-refractivity contribution >= 4 is 21.6 Å². The van der Waals surface area contributed by atoms with Crippen molar-refractivity contribution in [1.82, 2.24) is 5.32 Å². The van der Waals surface area contributed by atoms with Crippen LogP contribution < -0.4 is 10.2 Å². The van der Waals surface area contributed by atoms with Crippen LogP contribution in [0.5, 0.6) is 0 Å². The van der Waals surface area contributed by atoms with Crippen LogP contribution in [0.15, 0.2) is 22.7 Å². The number of rotatable bonds is 6. The van der Waals surface area contributed by atoms with Gasteiger partial charge in [0.1, 0.15) is 0 Å². The molecule has 0 bridgehead atoms. The molecule has 0 aliphatic heterocycles. The van der Waals surface area contributed by atoms with E-state index >= 15 is 0 Å². The molecular weight excluding hydrogens is 324 g/mol. The van der Waals surface area contributed by atoms with E-state index in [4.69, 9.17) is 0 Å². The van der Waals surface area contributed by atoms with E-state index in [9.17, 15) is 0 Å². The fourth-order valence-electron chi connectivity index (χ4n) is 2.67. The van der Waals surface area contributed by atoms with Gasteiger partial charge in [-0.3, -0.25) is 0 Å². The fraction of sp³-hybridized carbons (Fsp3) is 0.667. The molecule has 1 aromatic rings. The zero-order valence-corrected chi connectivity index (χ0v) is 15.5. The van der Waals surface area contributed by atoms with Gasteiger partial charge in [0, 0.05) is 29.6 Å². The zero-order valence-electron chi connectivity index (χ0n) is 13.9. The molecule has 0 atom stereocenters. The molecular formula is C18H29BrN2. The maximum Gasteiger partial charge on any atom is 0.0510 e. The number of hydrogen-bond donors (Lipinski definition) is 1. The van der Waals surface area contributed by atoms with Crippen LogP contribution in [0.2, 0.25) is 0 Å². The normalized spacial score (nSPS) is 15.9. The number of hydrogen-bond acceptors (Lipinski definition) is 2. The molecule has 118 valence electrons. The van der Waals surface area contributed by atoms with Gasteiger partial charge in [-0.1, -0.05) is 12.5 Å². The molecule has 1 saturated carbocycles. The molecule has 1 aliphatic rings. The Morgan fingerprint density at radius 3 is 2.48 bits per heavy atom. The Kier molecular flexibility index (Phi) is 5.73. The number of halogens is 1. The minimum absolute atomic E-state index is 0.158. The summed E-state index contributed by atoms with van der Waals surface area (Å²) in [5, 5.41) is 3.54. The quantitative estimate of drug-likeness (QED) is 0.777. The molecule has 1 aromatic carbocycles. The summed E-state index contributed by atoms with van der Waals surface area (Å²) in [6.07, 6.45) is 4.23. The third-order valence-electron chi connectivity index (χ3n) is 4.26. The van der Waals surface area contributed by atoms with Crippen molar-refractivity contribution in [2.24, 2.45) is 5.92 Å². The van der Waals surface area contributed by atoms with Gasteiger partial charge in [-0.2, -0.15) is 0 Å². The molecule has 0 aromatic heterocycles. The lowest BCUT2D eigenvalue weighted by Crippen LogP contribution is -2.35. The molecule has 1 fully saturated rings. The summed E-state index contributed by atoms with van der Waals surface area (Å²) < 4.78 is 1.22. The van der Waals surface area contributed by atoms with Crippen molar-refractivity contribution in [3.05, 3.63) is 28.2 Å². The van der Waals surface area contributed by atoms with Crippen LogP contribution in [0.25, 0.3) is 0 Å². The highest BCUT2D eigenvalue weighted by atomic mass is 79.9. The highest BCUT2D eigenvalue weighted by molar-refractivity contribution is 9.10. The summed E-state index contributed by atoms with van der Waals surface area (Å²) in [4.78, 5) is 2.51. The largest absolute Gasteiger partial charge is 0.371 e. The third kappa shape index (κ3) is 5.00. The van der Waals surface area contributed by atoms with E-state index < -0.39 is 0 Å². The van der Waals surface area contributed by atoms with E-state index in [0.717, 1.165) is 19.0 Å². The maximum atomic E-state index is 3.77. The van der Waals surface area contributed by atoms with Crippen LogP contribution in [0.1, 0.15) is 52.5 Å². The number of nitrogens with one attached hydrogen (secondary N) is 1. The molecule has 3 heteroatoms. The molecule has 0 unspecified atom stereocenters. The molecule has 1 N–H and O–H groups in total. The number of anilines is 1. The summed E-state index contributed by atoms with van der Waals surface area (Å²) in [5.41, 5.74) is 2.83. The van der Waals surface area contributed by atoms with E-state index in [2.05, 4.69) is 72.0 Å². The average Bonchev–Trinajstić information content (AvgIpc) is 2.36. The third-order valence-corrected chi connectivity index (χ3v) is 4.90. The molecule has 0 spiro atoms. The summed E-state index contributed by atoms with van der Waals surface area (Å²) in [6.45, 7) is 12.1. The highest BCUT2D eigenvalue weighted by Gasteiger charge is 2.21. The summed E-state index contributed by atoms with van der Waals surface area (Å²) >= 11 is 3.77. The topological polar surface area (TPSA) is 15.3 Å². The van der Waals surface area contributed by atoms with Gasteiger partial charge in [0.05, 0.1) is 5.69 Å². The van der Waals surface area contributed by atoms with E-state index in [1.807, 2.05) is 0 Å². The Hall–Kier alpha value is -0.540. The molecule has 2 nitrogen and oxygen atoms in total. The van der Waals surface area contributed by atoms with E-state index in [-0.39, 0.29) is 5.54 Å². The monoisotopic (exact) mass is 352 g/mol. The lowest BCUT2D eigenvalue weighted by atomic mass is 9.85. The van der Waals surface area contributed by atoms with Crippen LogP contribution in [-0.2, 0) is 6.54 Å². The van der Waals surface area contributed by atoms with Gasteiger partial charge < -0.3 is 10.2 Å². The van der Waals surface area contributed by atoms with E-state index in [0.29, 0.717) is 0 Å². The second-order valence-corrected chi connectivity index (χ2v) is 8.08. The average molecular weight is 353 g/mol. The van der Waals surface area contributed by atoms with Crippen LogP contribution in [0, 0.1) is 5.92 Å². The maximum absolute atomic E-state index is 3.77. The summed E-state index contributed by atoms with van der Waals surface area (Å²) in [5.74, 6) is 0.902. The van der Waals surface area contributed by atoms with Crippen molar-refractivity contribution < 1.29 is 0 Å². The second kappa shape index (κ2) is 7.15. The smallest absolute Gasteiger partial charge is 0.0510 e. The Bertz CT molecular complexity index is 461. The van der Waals surface area contributed by atoms with Crippen molar-refractivity contribution in [1.29, 1.82) is 0 Å². The first-order chi connectivity index (χ1) is 9.89. The second-order valence-electron chi connectivity index (χ2n) is 7.22. The Morgan fingerprint density at radius 1 is 1.29 bits per heavy atom. The molecule has 21 heavy (non-hydrogen) atoms. The number of nitrogens with zero attached hydrogens (tertiary/aromatic N) is 1.